The Morgan fingerprint density at radius 1 is 0.341 bits per heavy atom. The van der Waals surface area contributed by atoms with Crippen molar-refractivity contribution in [2.75, 3.05) is 37.5 Å². The maximum Gasteiger partial charge on any atom is -0.00197 e. The van der Waals surface area contributed by atoms with Crippen LogP contribution in [0.5, 0.6) is 0 Å². The van der Waals surface area contributed by atoms with Crippen LogP contribution in [0.25, 0.3) is 65.7 Å². The molecule has 0 heterocycles. The largest absolute Gasteiger partial charge is 0.223 e. The summed E-state index contributed by atoms with van der Waals surface area (Å²) in [6.45, 7) is 0. The molecule has 0 spiro atoms. The third kappa shape index (κ3) is 5.11. The highest BCUT2D eigenvalue weighted by molar-refractivity contribution is 8.32. The van der Waals surface area contributed by atoms with Gasteiger partial charge in [0, 0.05) is 0 Å². The molecule has 0 saturated carbocycles. The third-order valence-corrected chi connectivity index (χ3v) is 12.1. The molecule has 7 aromatic carbocycles. The van der Waals surface area contributed by atoms with Crippen molar-refractivity contribution < 1.29 is 0 Å². The number of hydrogen-bond donors (Lipinski definition) is 0. The number of hydrogen-bond acceptors (Lipinski definition) is 0. The van der Waals surface area contributed by atoms with Crippen LogP contribution in [-0.2, 0) is 0 Å². The molecule has 7 rings (SSSR count). The number of benzene rings is 7. The summed E-state index contributed by atoms with van der Waals surface area (Å²) in [6, 6.07) is 50.1. The maximum absolute atomic E-state index is 2.51. The van der Waals surface area contributed by atoms with Gasteiger partial charge in [-0.1, -0.05) is 109 Å². The standard InChI is InChI=1S/C42H40S2/c1-43(2,3)33-24-26-38-39(27-33)41(32-21-19-30(20-22-32)29-13-8-7-9-14-29)37-25-23-34(44(4,5)6)28-40(37)42(38)36-18-12-16-31-15-10-11-17-35(31)36/h7-28H,1-6H3. The van der Waals surface area contributed by atoms with Gasteiger partial charge >= 0.3 is 0 Å². The molecular weight excluding hydrogens is 569 g/mol. The fourth-order valence-electron chi connectivity index (χ4n) is 6.45. The monoisotopic (exact) mass is 608 g/mol. The smallest absolute Gasteiger partial charge is 0.00197 e. The van der Waals surface area contributed by atoms with E-state index >= 15 is 0 Å². The van der Waals surface area contributed by atoms with E-state index in [-0.39, 0.29) is 0 Å². The molecule has 0 aliphatic rings. The SMILES string of the molecule is CS(C)(C)c1ccc2c(-c3cccc4ccccc34)c3cc(S(C)(C)C)ccc3c(-c3ccc(-c4ccccc4)cc3)c2c1. The lowest BCUT2D eigenvalue weighted by atomic mass is 9.84. The summed E-state index contributed by atoms with van der Waals surface area (Å²) in [6.07, 6.45) is 14.4. The molecule has 0 bridgehead atoms. The zero-order valence-electron chi connectivity index (χ0n) is 26.5. The Morgan fingerprint density at radius 2 is 0.841 bits per heavy atom. The van der Waals surface area contributed by atoms with Gasteiger partial charge in [-0.15, -0.1) is 0 Å². The molecule has 0 N–H and O–H groups in total. The van der Waals surface area contributed by atoms with Crippen LogP contribution in [0, 0.1) is 0 Å². The first-order valence-corrected chi connectivity index (χ1v) is 20.9. The minimum Gasteiger partial charge on any atom is -0.223 e. The van der Waals surface area contributed by atoms with Gasteiger partial charge in [0.1, 0.15) is 0 Å². The molecule has 2 heteroatoms. The predicted octanol–water partition coefficient (Wildman–Crippen LogP) is 12.3. The Morgan fingerprint density at radius 3 is 1.48 bits per heavy atom. The normalized spacial score (nSPS) is 13.0. The van der Waals surface area contributed by atoms with E-state index in [2.05, 4.69) is 171 Å². The molecule has 0 fully saturated rings. The lowest BCUT2D eigenvalue weighted by molar-refractivity contribution is 1.46. The average Bonchev–Trinajstić information content (AvgIpc) is 3.02. The topological polar surface area (TPSA) is 0 Å². The molecule has 0 aliphatic carbocycles. The summed E-state index contributed by atoms with van der Waals surface area (Å²) in [7, 11) is -1.85. The lowest BCUT2D eigenvalue weighted by Crippen LogP contribution is -1.98. The van der Waals surface area contributed by atoms with Gasteiger partial charge < -0.3 is 0 Å². The number of fused-ring (bicyclic) bond motifs is 3. The second-order valence-electron chi connectivity index (χ2n) is 13.3. The van der Waals surface area contributed by atoms with E-state index in [1.165, 1.54) is 75.5 Å². The maximum atomic E-state index is 2.51. The highest BCUT2D eigenvalue weighted by Gasteiger charge is 2.21. The quantitative estimate of drug-likeness (QED) is 0.171. The van der Waals surface area contributed by atoms with Gasteiger partial charge in [0.15, 0.2) is 0 Å². The average molecular weight is 609 g/mol. The molecule has 0 aromatic heterocycles. The first kappa shape index (κ1) is 28.8. The van der Waals surface area contributed by atoms with Crippen LogP contribution in [0.15, 0.2) is 143 Å². The van der Waals surface area contributed by atoms with Crippen LogP contribution in [0.3, 0.4) is 0 Å². The molecule has 0 unspecified atom stereocenters. The lowest BCUT2D eigenvalue weighted by Gasteiger charge is -2.29. The van der Waals surface area contributed by atoms with E-state index in [9.17, 15) is 0 Å². The molecule has 0 amide bonds. The second-order valence-corrected chi connectivity index (χ2v) is 21.6. The summed E-state index contributed by atoms with van der Waals surface area (Å²) < 4.78 is 0. The van der Waals surface area contributed by atoms with E-state index in [4.69, 9.17) is 0 Å². The van der Waals surface area contributed by atoms with Crippen molar-refractivity contribution in [1.82, 2.24) is 0 Å². The van der Waals surface area contributed by atoms with Crippen molar-refractivity contribution in [2.45, 2.75) is 9.79 Å². The molecular formula is C42H40S2. The van der Waals surface area contributed by atoms with Crippen LogP contribution >= 0.6 is 20.1 Å². The minimum atomic E-state index is -0.925. The molecule has 220 valence electrons. The molecule has 0 atom stereocenters. The van der Waals surface area contributed by atoms with Crippen molar-refractivity contribution >= 4 is 52.4 Å². The summed E-state index contributed by atoms with van der Waals surface area (Å²) in [5.41, 5.74) is 7.74. The van der Waals surface area contributed by atoms with Gasteiger partial charge in [-0.25, -0.2) is 20.1 Å². The molecule has 7 aromatic rings. The van der Waals surface area contributed by atoms with Crippen molar-refractivity contribution in [3.05, 3.63) is 133 Å². The van der Waals surface area contributed by atoms with E-state index in [0.717, 1.165) is 0 Å². The van der Waals surface area contributed by atoms with E-state index in [1.807, 2.05) is 0 Å². The summed E-state index contributed by atoms with van der Waals surface area (Å²) in [5.74, 6) is 0. The summed E-state index contributed by atoms with van der Waals surface area (Å²) in [4.78, 5) is 2.87. The van der Waals surface area contributed by atoms with Gasteiger partial charge in [0.05, 0.1) is 0 Å². The summed E-state index contributed by atoms with van der Waals surface area (Å²) >= 11 is 0. The zero-order chi connectivity index (χ0) is 30.6. The van der Waals surface area contributed by atoms with E-state index in [0.29, 0.717) is 0 Å². The van der Waals surface area contributed by atoms with E-state index in [1.54, 1.807) is 0 Å². The summed E-state index contributed by atoms with van der Waals surface area (Å²) in [5, 5.41) is 7.90. The third-order valence-electron chi connectivity index (χ3n) is 8.81. The molecule has 44 heavy (non-hydrogen) atoms. The van der Waals surface area contributed by atoms with E-state index < -0.39 is 20.1 Å². The van der Waals surface area contributed by atoms with Crippen molar-refractivity contribution in [1.29, 1.82) is 0 Å². The first-order chi connectivity index (χ1) is 21.1. The van der Waals surface area contributed by atoms with Gasteiger partial charge in [-0.2, -0.15) is 0 Å². The minimum absolute atomic E-state index is 0.924. The molecule has 0 nitrogen and oxygen atoms in total. The second kappa shape index (κ2) is 10.9. The highest BCUT2D eigenvalue weighted by atomic mass is 32.3. The predicted molar refractivity (Wildman–Crippen MR) is 203 cm³/mol. The Balaban J connectivity index is 1.63. The van der Waals surface area contributed by atoms with Crippen molar-refractivity contribution in [3.8, 4) is 33.4 Å². The Kier molecular flexibility index (Phi) is 7.11. The fourth-order valence-corrected chi connectivity index (χ4v) is 8.35. The van der Waals surface area contributed by atoms with Crippen LogP contribution in [-0.4, -0.2) is 37.5 Å². The van der Waals surface area contributed by atoms with Crippen LogP contribution in [0.4, 0.5) is 0 Å². The Hall–Kier alpha value is -3.98. The molecule has 0 saturated heterocycles. The van der Waals surface area contributed by atoms with Gasteiger partial charge in [0.2, 0.25) is 0 Å². The molecule has 0 aliphatic heterocycles. The van der Waals surface area contributed by atoms with Gasteiger partial charge in [0.25, 0.3) is 0 Å². The van der Waals surface area contributed by atoms with Crippen LogP contribution in [0.2, 0.25) is 0 Å². The van der Waals surface area contributed by atoms with Crippen molar-refractivity contribution in [2.24, 2.45) is 0 Å². The van der Waals surface area contributed by atoms with Gasteiger partial charge in [-0.3, -0.25) is 0 Å². The number of rotatable bonds is 5. The van der Waals surface area contributed by atoms with Crippen molar-refractivity contribution in [3.63, 3.8) is 0 Å². The molecule has 0 radical (unpaired) electrons. The van der Waals surface area contributed by atoms with Crippen LogP contribution < -0.4 is 0 Å². The zero-order valence-corrected chi connectivity index (χ0v) is 28.2. The Labute approximate surface area is 265 Å². The highest BCUT2D eigenvalue weighted by Crippen LogP contribution is 2.53. The van der Waals surface area contributed by atoms with Crippen LogP contribution in [0.1, 0.15) is 0 Å². The fraction of sp³-hybridized carbons (Fsp3) is 0.143. The van der Waals surface area contributed by atoms with Gasteiger partial charge in [-0.05, 0) is 137 Å². The first-order valence-electron chi connectivity index (χ1n) is 15.1. The Bertz CT molecular complexity index is 2160.